The largest absolute Gasteiger partial charge is 0.398 e. The zero-order valence-electron chi connectivity index (χ0n) is 12.1. The minimum Gasteiger partial charge on any atom is -0.398 e. The first-order valence-corrected chi connectivity index (χ1v) is 6.90. The van der Waals surface area contributed by atoms with Gasteiger partial charge in [0.15, 0.2) is 5.78 Å². The smallest absolute Gasteiger partial charge is 0.219 e. The van der Waals surface area contributed by atoms with Crippen molar-refractivity contribution in [3.63, 3.8) is 0 Å². The van der Waals surface area contributed by atoms with Gasteiger partial charge in [-0.15, -0.1) is 0 Å². The summed E-state index contributed by atoms with van der Waals surface area (Å²) >= 11 is 0. The van der Waals surface area contributed by atoms with Crippen LogP contribution in [0.4, 0.5) is 11.4 Å². The summed E-state index contributed by atoms with van der Waals surface area (Å²) in [7, 11) is 0. The van der Waals surface area contributed by atoms with Crippen molar-refractivity contribution in [2.45, 2.75) is 20.3 Å². The van der Waals surface area contributed by atoms with E-state index in [1.807, 2.05) is 17.0 Å². The average molecular weight is 275 g/mol. The number of amides is 1. The Labute approximate surface area is 119 Å². The maximum absolute atomic E-state index is 11.4. The lowest BCUT2D eigenvalue weighted by atomic mass is 10.1. The van der Waals surface area contributed by atoms with Crippen LogP contribution in [-0.4, -0.2) is 42.8 Å². The minimum absolute atomic E-state index is 0.0207. The van der Waals surface area contributed by atoms with E-state index in [1.54, 1.807) is 13.0 Å². The van der Waals surface area contributed by atoms with E-state index in [1.165, 1.54) is 6.92 Å². The van der Waals surface area contributed by atoms with Gasteiger partial charge in [-0.25, -0.2) is 0 Å². The molecule has 0 atom stereocenters. The van der Waals surface area contributed by atoms with Crippen molar-refractivity contribution in [2.24, 2.45) is 0 Å². The highest BCUT2D eigenvalue weighted by molar-refractivity contribution is 5.99. The van der Waals surface area contributed by atoms with Gasteiger partial charge >= 0.3 is 0 Å². The number of Topliss-reactive ketones (excluding diaryl/α,β-unsaturated/α-hetero) is 1. The van der Waals surface area contributed by atoms with Gasteiger partial charge in [0.25, 0.3) is 0 Å². The van der Waals surface area contributed by atoms with Gasteiger partial charge in [-0.2, -0.15) is 0 Å². The van der Waals surface area contributed by atoms with Crippen LogP contribution >= 0.6 is 0 Å². The molecule has 108 valence electrons. The van der Waals surface area contributed by atoms with E-state index in [4.69, 9.17) is 5.73 Å². The fourth-order valence-electron chi connectivity index (χ4n) is 2.56. The highest BCUT2D eigenvalue weighted by Crippen LogP contribution is 2.23. The summed E-state index contributed by atoms with van der Waals surface area (Å²) in [5, 5.41) is 0. The molecule has 5 nitrogen and oxygen atoms in total. The molecule has 0 saturated carbocycles. The maximum Gasteiger partial charge on any atom is 0.219 e. The third-order valence-corrected chi connectivity index (χ3v) is 3.72. The molecule has 0 spiro atoms. The molecule has 1 saturated heterocycles. The zero-order valence-corrected chi connectivity index (χ0v) is 12.1. The molecule has 0 unspecified atom stereocenters. The van der Waals surface area contributed by atoms with E-state index in [0.717, 1.165) is 38.3 Å². The van der Waals surface area contributed by atoms with E-state index in [0.29, 0.717) is 11.3 Å². The molecular formula is C15H21N3O2. The Morgan fingerprint density at radius 3 is 2.45 bits per heavy atom. The van der Waals surface area contributed by atoms with Crippen LogP contribution in [0.25, 0.3) is 0 Å². The van der Waals surface area contributed by atoms with Crippen molar-refractivity contribution < 1.29 is 9.59 Å². The maximum atomic E-state index is 11.4. The van der Waals surface area contributed by atoms with Gasteiger partial charge in [0.1, 0.15) is 0 Å². The number of hydrogen-bond donors (Lipinski definition) is 1. The van der Waals surface area contributed by atoms with Gasteiger partial charge in [-0.1, -0.05) is 0 Å². The highest BCUT2D eigenvalue weighted by Gasteiger charge is 2.17. The Morgan fingerprint density at radius 2 is 1.85 bits per heavy atom. The number of nitrogens with two attached hydrogens (primary N) is 1. The Kier molecular flexibility index (Phi) is 4.27. The van der Waals surface area contributed by atoms with E-state index in [9.17, 15) is 9.59 Å². The number of anilines is 2. The van der Waals surface area contributed by atoms with Crippen molar-refractivity contribution in [1.82, 2.24) is 4.90 Å². The number of carbonyl (C=O) groups is 2. The molecule has 0 radical (unpaired) electrons. The van der Waals surface area contributed by atoms with Gasteiger partial charge in [0, 0.05) is 50.0 Å². The lowest BCUT2D eigenvalue weighted by molar-refractivity contribution is -0.128. The van der Waals surface area contributed by atoms with Gasteiger partial charge in [-0.05, 0) is 31.5 Å². The number of ketones is 1. The molecule has 0 aromatic heterocycles. The van der Waals surface area contributed by atoms with Gasteiger partial charge in [0.2, 0.25) is 5.91 Å². The molecule has 0 bridgehead atoms. The summed E-state index contributed by atoms with van der Waals surface area (Å²) in [5.74, 6) is 0.103. The number of benzene rings is 1. The first kappa shape index (κ1) is 14.4. The van der Waals surface area contributed by atoms with Crippen molar-refractivity contribution in [1.29, 1.82) is 0 Å². The number of nitrogens with zero attached hydrogens (tertiary/aromatic N) is 2. The van der Waals surface area contributed by atoms with Crippen molar-refractivity contribution in [2.75, 3.05) is 36.8 Å². The van der Waals surface area contributed by atoms with Gasteiger partial charge in [0.05, 0.1) is 0 Å². The van der Waals surface area contributed by atoms with Crippen LogP contribution in [0.1, 0.15) is 30.6 Å². The highest BCUT2D eigenvalue weighted by atomic mass is 16.2. The predicted octanol–water partition coefficient (Wildman–Crippen LogP) is 1.53. The monoisotopic (exact) mass is 275 g/mol. The number of nitrogen functional groups attached to an aromatic ring is 1. The molecule has 1 aliphatic heterocycles. The lowest BCUT2D eigenvalue weighted by Gasteiger charge is -2.24. The molecule has 1 heterocycles. The summed E-state index contributed by atoms with van der Waals surface area (Å²) in [4.78, 5) is 26.9. The van der Waals surface area contributed by atoms with Gasteiger partial charge in [-0.3, -0.25) is 9.59 Å². The van der Waals surface area contributed by atoms with Crippen molar-refractivity contribution >= 4 is 23.1 Å². The number of hydrogen-bond acceptors (Lipinski definition) is 4. The van der Waals surface area contributed by atoms with Crippen LogP contribution in [0, 0.1) is 0 Å². The molecule has 1 aromatic carbocycles. The average Bonchev–Trinajstić information content (AvgIpc) is 2.63. The second-order valence-electron chi connectivity index (χ2n) is 5.17. The Balaban J connectivity index is 2.14. The summed E-state index contributed by atoms with van der Waals surface area (Å²) in [6, 6.07) is 5.55. The van der Waals surface area contributed by atoms with E-state index >= 15 is 0 Å². The van der Waals surface area contributed by atoms with Crippen LogP contribution in [-0.2, 0) is 4.79 Å². The van der Waals surface area contributed by atoms with Gasteiger partial charge < -0.3 is 15.5 Å². The second kappa shape index (κ2) is 5.94. The van der Waals surface area contributed by atoms with E-state index in [-0.39, 0.29) is 11.7 Å². The van der Waals surface area contributed by atoms with Crippen molar-refractivity contribution in [3.05, 3.63) is 23.8 Å². The molecule has 1 amide bonds. The molecule has 20 heavy (non-hydrogen) atoms. The van der Waals surface area contributed by atoms with Crippen LogP contribution < -0.4 is 10.6 Å². The second-order valence-corrected chi connectivity index (χ2v) is 5.17. The Bertz CT molecular complexity index is 528. The number of rotatable bonds is 2. The molecule has 2 rings (SSSR count). The van der Waals surface area contributed by atoms with Crippen LogP contribution in [0.3, 0.4) is 0 Å². The molecule has 0 aliphatic carbocycles. The SMILES string of the molecule is CC(=O)c1ccc(N2CCCN(C(C)=O)CC2)cc1N. The summed E-state index contributed by atoms with van der Waals surface area (Å²) < 4.78 is 0. The summed E-state index contributed by atoms with van der Waals surface area (Å²) in [6.45, 7) is 6.33. The molecule has 1 aliphatic rings. The first-order valence-electron chi connectivity index (χ1n) is 6.90. The standard InChI is InChI=1S/C15H21N3O2/c1-11(19)14-5-4-13(10-15(14)16)18-7-3-6-17(8-9-18)12(2)20/h4-5,10H,3,6-9,16H2,1-2H3. The topological polar surface area (TPSA) is 66.6 Å². The molecule has 1 fully saturated rings. The fraction of sp³-hybridized carbons (Fsp3) is 0.467. The minimum atomic E-state index is -0.0207. The Hall–Kier alpha value is -2.04. The summed E-state index contributed by atoms with van der Waals surface area (Å²) in [5.41, 5.74) is 8.02. The third-order valence-electron chi connectivity index (χ3n) is 3.72. The summed E-state index contributed by atoms with van der Waals surface area (Å²) in [6.07, 6.45) is 0.938. The lowest BCUT2D eigenvalue weighted by Crippen LogP contribution is -2.33. The zero-order chi connectivity index (χ0) is 14.7. The quantitative estimate of drug-likeness (QED) is 0.656. The molecular weight excluding hydrogens is 254 g/mol. The number of carbonyl (C=O) groups excluding carboxylic acids is 2. The first-order chi connectivity index (χ1) is 9.49. The van der Waals surface area contributed by atoms with Crippen LogP contribution in [0.5, 0.6) is 0 Å². The van der Waals surface area contributed by atoms with Crippen LogP contribution in [0.2, 0.25) is 0 Å². The third kappa shape index (κ3) is 3.10. The van der Waals surface area contributed by atoms with E-state index < -0.39 is 0 Å². The van der Waals surface area contributed by atoms with E-state index in [2.05, 4.69) is 4.90 Å². The van der Waals surface area contributed by atoms with Crippen molar-refractivity contribution in [3.8, 4) is 0 Å². The molecule has 5 heteroatoms. The Morgan fingerprint density at radius 1 is 1.10 bits per heavy atom. The fourth-order valence-corrected chi connectivity index (χ4v) is 2.56. The normalized spacial score (nSPS) is 15.9. The molecule has 1 aromatic rings. The predicted molar refractivity (Wildman–Crippen MR) is 79.9 cm³/mol. The van der Waals surface area contributed by atoms with Crippen LogP contribution in [0.15, 0.2) is 18.2 Å². The molecule has 2 N–H and O–H groups in total.